The number of aromatic nitrogens is 3. The summed E-state index contributed by atoms with van der Waals surface area (Å²) < 4.78 is 9.45. The Balaban J connectivity index is 2.81. The molecule has 2 aromatic rings. The number of carboxylic acids is 1. The van der Waals surface area contributed by atoms with E-state index in [4.69, 9.17) is 9.84 Å². The zero-order valence-corrected chi connectivity index (χ0v) is 7.09. The fraction of sp³-hybridized carbons (Fsp3) is 0.143. The molecule has 2 rings (SSSR count). The zero-order valence-electron chi connectivity index (χ0n) is 7.09. The lowest BCUT2D eigenvalue weighted by Crippen LogP contribution is -1.97. The van der Waals surface area contributed by atoms with Gasteiger partial charge in [0.05, 0.1) is 7.11 Å². The lowest BCUT2D eigenvalue weighted by molar-refractivity contribution is 0.0654. The predicted molar refractivity (Wildman–Crippen MR) is 43.1 cm³/mol. The van der Waals surface area contributed by atoms with E-state index in [0.29, 0.717) is 0 Å². The van der Waals surface area contributed by atoms with Gasteiger partial charge in [0.15, 0.2) is 0 Å². The van der Waals surface area contributed by atoms with Gasteiger partial charge in [-0.1, -0.05) is 5.16 Å². The maximum atomic E-state index is 10.7. The van der Waals surface area contributed by atoms with E-state index in [0.717, 1.165) is 0 Å². The van der Waals surface area contributed by atoms with Gasteiger partial charge in [0, 0.05) is 0 Å². The van der Waals surface area contributed by atoms with E-state index in [1.54, 1.807) is 0 Å². The summed E-state index contributed by atoms with van der Waals surface area (Å²) in [5.41, 5.74) is 0.161. The largest absolute Gasteiger partial charge is 0.480 e. The highest BCUT2D eigenvalue weighted by molar-refractivity contribution is 6.00. The molecule has 0 radical (unpaired) electrons. The van der Waals surface area contributed by atoms with Crippen LogP contribution in [-0.2, 0) is 0 Å². The summed E-state index contributed by atoms with van der Waals surface area (Å²) in [6, 6.07) is 0. The molecule has 7 nitrogen and oxygen atoms in total. The molecule has 1 N–H and O–H groups in total. The van der Waals surface area contributed by atoms with Gasteiger partial charge in [-0.2, -0.15) is 0 Å². The summed E-state index contributed by atoms with van der Waals surface area (Å²) in [5.74, 6) is -1.42. The van der Waals surface area contributed by atoms with Crippen molar-refractivity contribution in [2.45, 2.75) is 0 Å². The van der Waals surface area contributed by atoms with Gasteiger partial charge in [-0.05, 0) is 0 Å². The second-order valence-electron chi connectivity index (χ2n) is 2.40. The summed E-state index contributed by atoms with van der Waals surface area (Å²) in [6.45, 7) is 0. The molecule has 0 saturated carbocycles. The number of aromatic carboxylic acids is 1. The molecule has 7 heteroatoms. The van der Waals surface area contributed by atoms with E-state index >= 15 is 0 Å². The number of ether oxygens (including phenoxy) is 1. The van der Waals surface area contributed by atoms with E-state index < -0.39 is 5.97 Å². The third kappa shape index (κ3) is 1.06. The van der Waals surface area contributed by atoms with Crippen LogP contribution in [0.3, 0.4) is 0 Å². The number of rotatable bonds is 2. The molecule has 0 aromatic carbocycles. The van der Waals surface area contributed by atoms with Crippen LogP contribution in [0.1, 0.15) is 10.6 Å². The molecule has 0 unspecified atom stereocenters. The average molecular weight is 195 g/mol. The number of methoxy groups -OCH3 is 1. The molecular formula is C7H5N3O4. The minimum Gasteiger partial charge on any atom is -0.480 e. The normalized spacial score (nSPS) is 10.4. The van der Waals surface area contributed by atoms with Gasteiger partial charge in [-0.15, -0.1) is 0 Å². The Morgan fingerprint density at radius 2 is 2.36 bits per heavy atom. The number of hydrogen-bond donors (Lipinski definition) is 1. The number of nitrogens with zero attached hydrogens (tertiary/aromatic N) is 3. The summed E-state index contributed by atoms with van der Waals surface area (Å²) in [4.78, 5) is 18.2. The molecule has 0 aliphatic heterocycles. The van der Waals surface area contributed by atoms with Crippen LogP contribution < -0.4 is 4.74 Å². The number of carboxylic acid groups (broad SMARTS) is 1. The SMILES string of the molecule is COc1ncnc2noc(C(=O)O)c12. The predicted octanol–water partition coefficient (Wildman–Crippen LogP) is 0.325. The van der Waals surface area contributed by atoms with Crippen molar-refractivity contribution in [2.24, 2.45) is 0 Å². The molecule has 0 fully saturated rings. The fourth-order valence-electron chi connectivity index (χ4n) is 1.06. The van der Waals surface area contributed by atoms with Gasteiger partial charge in [-0.25, -0.2) is 14.8 Å². The Morgan fingerprint density at radius 3 is 3.00 bits per heavy atom. The van der Waals surface area contributed by atoms with Crippen LogP contribution in [0.4, 0.5) is 0 Å². The topological polar surface area (TPSA) is 98.3 Å². The smallest absolute Gasteiger partial charge is 0.375 e. The number of hydrogen-bond acceptors (Lipinski definition) is 6. The average Bonchev–Trinajstić information content (AvgIpc) is 2.60. The second kappa shape index (κ2) is 2.95. The standard InChI is InChI=1S/C7H5N3O4/c1-13-6-3-4(7(11)12)14-10-5(3)8-2-9-6/h2H,1H3,(H,11,12). The van der Waals surface area contributed by atoms with Crippen LogP contribution >= 0.6 is 0 Å². The molecule has 0 saturated heterocycles. The third-order valence-corrected chi connectivity index (χ3v) is 1.63. The Labute approximate surface area is 77.3 Å². The Hall–Kier alpha value is -2.18. The van der Waals surface area contributed by atoms with Crippen LogP contribution in [0.5, 0.6) is 5.88 Å². The van der Waals surface area contributed by atoms with Crippen molar-refractivity contribution in [1.29, 1.82) is 0 Å². The first kappa shape index (κ1) is 8.42. The van der Waals surface area contributed by atoms with Crippen molar-refractivity contribution >= 4 is 17.0 Å². The van der Waals surface area contributed by atoms with Crippen LogP contribution in [0.25, 0.3) is 11.0 Å². The van der Waals surface area contributed by atoms with Crippen LogP contribution in [0.15, 0.2) is 10.9 Å². The minimum atomic E-state index is -1.24. The first-order valence-electron chi connectivity index (χ1n) is 3.61. The van der Waals surface area contributed by atoms with Gasteiger partial charge in [-0.3, -0.25) is 0 Å². The number of fused-ring (bicyclic) bond motifs is 1. The molecule has 2 aromatic heterocycles. The maximum Gasteiger partial charge on any atom is 0.375 e. The van der Waals surface area contributed by atoms with Crippen molar-refractivity contribution in [3.8, 4) is 5.88 Å². The van der Waals surface area contributed by atoms with Crippen LogP contribution in [-0.4, -0.2) is 33.3 Å². The third-order valence-electron chi connectivity index (χ3n) is 1.63. The van der Waals surface area contributed by atoms with E-state index in [-0.39, 0.29) is 22.7 Å². The molecule has 72 valence electrons. The van der Waals surface area contributed by atoms with Gasteiger partial charge < -0.3 is 14.4 Å². The lowest BCUT2D eigenvalue weighted by Gasteiger charge is -1.97. The van der Waals surface area contributed by atoms with E-state index in [9.17, 15) is 4.79 Å². The van der Waals surface area contributed by atoms with Gasteiger partial charge in [0.1, 0.15) is 11.7 Å². The molecule has 14 heavy (non-hydrogen) atoms. The van der Waals surface area contributed by atoms with Crippen molar-refractivity contribution in [2.75, 3.05) is 7.11 Å². The Morgan fingerprint density at radius 1 is 1.57 bits per heavy atom. The number of carbonyl (C=O) groups is 1. The van der Waals surface area contributed by atoms with Crippen molar-refractivity contribution in [3.63, 3.8) is 0 Å². The molecule has 2 heterocycles. The van der Waals surface area contributed by atoms with Gasteiger partial charge >= 0.3 is 5.97 Å². The van der Waals surface area contributed by atoms with Gasteiger partial charge in [0.2, 0.25) is 11.5 Å². The van der Waals surface area contributed by atoms with Gasteiger partial charge in [0.25, 0.3) is 5.76 Å². The van der Waals surface area contributed by atoms with Crippen LogP contribution in [0, 0.1) is 0 Å². The lowest BCUT2D eigenvalue weighted by atomic mass is 10.3. The zero-order chi connectivity index (χ0) is 10.1. The molecule has 0 spiro atoms. The molecule has 0 aliphatic carbocycles. The van der Waals surface area contributed by atoms with Crippen LogP contribution in [0.2, 0.25) is 0 Å². The molecular weight excluding hydrogens is 190 g/mol. The summed E-state index contributed by atoms with van der Waals surface area (Å²) in [5, 5.41) is 12.4. The maximum absolute atomic E-state index is 10.7. The van der Waals surface area contributed by atoms with E-state index in [2.05, 4.69) is 19.6 Å². The quantitative estimate of drug-likeness (QED) is 0.736. The molecule has 0 amide bonds. The highest BCUT2D eigenvalue weighted by Gasteiger charge is 2.20. The summed E-state index contributed by atoms with van der Waals surface area (Å²) >= 11 is 0. The van der Waals surface area contributed by atoms with Crippen molar-refractivity contribution in [1.82, 2.24) is 15.1 Å². The summed E-state index contributed by atoms with van der Waals surface area (Å²) in [6.07, 6.45) is 1.22. The Kier molecular flexibility index (Phi) is 1.77. The molecule has 0 aliphatic rings. The highest BCUT2D eigenvalue weighted by atomic mass is 16.5. The van der Waals surface area contributed by atoms with Crippen molar-refractivity contribution < 1.29 is 19.2 Å². The second-order valence-corrected chi connectivity index (χ2v) is 2.40. The van der Waals surface area contributed by atoms with Crippen molar-refractivity contribution in [3.05, 3.63) is 12.1 Å². The first-order valence-corrected chi connectivity index (χ1v) is 3.61. The molecule has 0 atom stereocenters. The molecule has 0 bridgehead atoms. The fourth-order valence-corrected chi connectivity index (χ4v) is 1.06. The minimum absolute atomic E-state index is 0.133. The van der Waals surface area contributed by atoms with E-state index in [1.807, 2.05) is 0 Å². The van der Waals surface area contributed by atoms with E-state index in [1.165, 1.54) is 13.4 Å². The highest BCUT2D eigenvalue weighted by Crippen LogP contribution is 2.24. The Bertz CT molecular complexity index is 493. The first-order chi connectivity index (χ1) is 6.74. The summed E-state index contributed by atoms with van der Waals surface area (Å²) in [7, 11) is 1.38. The monoisotopic (exact) mass is 195 g/mol.